The molecule has 1 aromatic heterocycles. The molecule has 3 aromatic rings. The molecule has 0 unspecified atom stereocenters. The van der Waals surface area contributed by atoms with E-state index in [1.807, 2.05) is 5.38 Å². The number of nitrogens with zero attached hydrogens (tertiary/aromatic N) is 3. The Balaban J connectivity index is 1.40. The maximum absolute atomic E-state index is 13.4. The summed E-state index contributed by atoms with van der Waals surface area (Å²) < 4.78 is 53.4. The van der Waals surface area contributed by atoms with Crippen molar-refractivity contribution >= 4 is 38.1 Å². The lowest BCUT2D eigenvalue weighted by molar-refractivity contribution is 0.0747. The topological polar surface area (TPSA) is 82.6 Å². The molecule has 0 atom stereocenters. The number of nitrogens with one attached hydrogen (secondary N) is 1. The quantitative estimate of drug-likeness (QED) is 0.627. The van der Waals surface area contributed by atoms with E-state index in [1.165, 1.54) is 24.3 Å². The van der Waals surface area contributed by atoms with Crippen molar-refractivity contribution in [1.29, 1.82) is 0 Å². The van der Waals surface area contributed by atoms with E-state index in [2.05, 4.69) is 14.6 Å². The summed E-state index contributed by atoms with van der Waals surface area (Å²) in [5.74, 6) is -2.53. The van der Waals surface area contributed by atoms with Gasteiger partial charge >= 0.3 is 0 Å². The number of hydrogen-bond donors (Lipinski definition) is 1. The van der Waals surface area contributed by atoms with Crippen molar-refractivity contribution in [3.63, 3.8) is 0 Å². The van der Waals surface area contributed by atoms with Crippen molar-refractivity contribution in [3.8, 4) is 0 Å². The summed E-state index contributed by atoms with van der Waals surface area (Å²) in [6, 6.07) is 8.30. The second-order valence-corrected chi connectivity index (χ2v) is 9.41. The first kappa shape index (κ1) is 21.2. The fraction of sp³-hybridized carbons (Fsp3) is 0.200. The lowest BCUT2D eigenvalue weighted by atomic mass is 10.1. The van der Waals surface area contributed by atoms with Gasteiger partial charge in [0.2, 0.25) is 0 Å². The Morgan fingerprint density at radius 3 is 2.32 bits per heavy atom. The highest BCUT2D eigenvalue weighted by Crippen LogP contribution is 2.21. The van der Waals surface area contributed by atoms with Gasteiger partial charge < -0.3 is 9.80 Å². The first-order chi connectivity index (χ1) is 14.8. The van der Waals surface area contributed by atoms with Crippen LogP contribution in [-0.2, 0) is 10.0 Å². The first-order valence-corrected chi connectivity index (χ1v) is 11.7. The minimum absolute atomic E-state index is 0.145. The highest BCUT2D eigenvalue weighted by Gasteiger charge is 2.23. The smallest absolute Gasteiger partial charge is 0.261 e. The molecule has 1 saturated heterocycles. The van der Waals surface area contributed by atoms with E-state index in [-0.39, 0.29) is 11.6 Å². The van der Waals surface area contributed by atoms with Gasteiger partial charge in [0.05, 0.1) is 4.90 Å². The average Bonchev–Trinajstić information content (AvgIpc) is 3.30. The van der Waals surface area contributed by atoms with Crippen LogP contribution < -0.4 is 9.62 Å². The number of carbonyl (C=O) groups excluding carboxylic acids is 1. The van der Waals surface area contributed by atoms with Crippen LogP contribution in [0, 0.1) is 11.6 Å². The summed E-state index contributed by atoms with van der Waals surface area (Å²) in [5, 5.41) is 2.85. The van der Waals surface area contributed by atoms with Gasteiger partial charge in [-0.15, -0.1) is 11.3 Å². The summed E-state index contributed by atoms with van der Waals surface area (Å²) in [7, 11) is -4.10. The summed E-state index contributed by atoms with van der Waals surface area (Å²) in [5.41, 5.74) is 0.633. The van der Waals surface area contributed by atoms with Gasteiger partial charge in [-0.05, 0) is 42.5 Å². The van der Waals surface area contributed by atoms with Crippen LogP contribution in [0.1, 0.15) is 10.4 Å². The summed E-state index contributed by atoms with van der Waals surface area (Å²) in [4.78, 5) is 20.5. The molecule has 0 saturated carbocycles. The minimum atomic E-state index is -4.10. The number of piperazine rings is 1. The van der Waals surface area contributed by atoms with Crippen molar-refractivity contribution in [2.24, 2.45) is 0 Å². The zero-order valence-corrected chi connectivity index (χ0v) is 17.8. The number of thiazole rings is 1. The zero-order chi connectivity index (χ0) is 22.0. The van der Waals surface area contributed by atoms with Crippen molar-refractivity contribution < 1.29 is 22.0 Å². The normalized spacial score (nSPS) is 14.5. The Bertz CT molecular complexity index is 1180. The van der Waals surface area contributed by atoms with E-state index in [1.54, 1.807) is 22.4 Å². The third-order valence-corrected chi connectivity index (χ3v) is 7.05. The van der Waals surface area contributed by atoms with Gasteiger partial charge in [-0.3, -0.25) is 9.52 Å². The number of hydrogen-bond acceptors (Lipinski definition) is 6. The molecule has 2 aromatic carbocycles. The van der Waals surface area contributed by atoms with Gasteiger partial charge in [0, 0.05) is 49.0 Å². The van der Waals surface area contributed by atoms with Crippen LogP contribution in [0.15, 0.2) is 58.9 Å². The molecule has 1 N–H and O–H groups in total. The van der Waals surface area contributed by atoms with E-state index in [0.717, 1.165) is 17.3 Å². The van der Waals surface area contributed by atoms with Gasteiger partial charge in [-0.25, -0.2) is 22.2 Å². The fourth-order valence-corrected chi connectivity index (χ4v) is 4.96. The molecule has 162 valence electrons. The van der Waals surface area contributed by atoms with Crippen LogP contribution >= 0.6 is 11.3 Å². The molecular weight excluding hydrogens is 446 g/mol. The maximum Gasteiger partial charge on any atom is 0.261 e. The molecule has 0 bridgehead atoms. The van der Waals surface area contributed by atoms with E-state index in [0.29, 0.717) is 37.8 Å². The molecule has 1 fully saturated rings. The van der Waals surface area contributed by atoms with Crippen molar-refractivity contribution in [1.82, 2.24) is 9.88 Å². The highest BCUT2D eigenvalue weighted by atomic mass is 32.2. The van der Waals surface area contributed by atoms with E-state index >= 15 is 0 Å². The largest absolute Gasteiger partial charge is 0.345 e. The predicted molar refractivity (Wildman–Crippen MR) is 114 cm³/mol. The lowest BCUT2D eigenvalue weighted by Gasteiger charge is -2.34. The molecule has 31 heavy (non-hydrogen) atoms. The monoisotopic (exact) mass is 464 g/mol. The lowest BCUT2D eigenvalue weighted by Crippen LogP contribution is -2.48. The zero-order valence-electron chi connectivity index (χ0n) is 16.2. The number of rotatable bonds is 5. The van der Waals surface area contributed by atoms with Crippen LogP contribution in [0.25, 0.3) is 0 Å². The van der Waals surface area contributed by atoms with Crippen LogP contribution in [0.5, 0.6) is 0 Å². The second kappa shape index (κ2) is 8.60. The average molecular weight is 465 g/mol. The first-order valence-electron chi connectivity index (χ1n) is 9.35. The van der Waals surface area contributed by atoms with E-state index in [9.17, 15) is 22.0 Å². The number of carbonyl (C=O) groups is 1. The third-order valence-electron chi connectivity index (χ3n) is 4.84. The Morgan fingerprint density at radius 2 is 1.71 bits per heavy atom. The summed E-state index contributed by atoms with van der Waals surface area (Å²) in [6.45, 7) is 2.49. The van der Waals surface area contributed by atoms with Gasteiger partial charge in [0.1, 0.15) is 0 Å². The molecule has 7 nitrogen and oxygen atoms in total. The van der Waals surface area contributed by atoms with Gasteiger partial charge in [0.15, 0.2) is 16.8 Å². The number of amides is 1. The predicted octanol–water partition coefficient (Wildman–Crippen LogP) is 3.18. The molecule has 1 aliphatic heterocycles. The molecule has 0 radical (unpaired) electrons. The SMILES string of the molecule is O=C(c1ccc(NS(=O)(=O)c2ccc(F)c(F)c2)cc1)N1CCN(c2nccs2)CC1. The van der Waals surface area contributed by atoms with Gasteiger partial charge in [-0.2, -0.15) is 0 Å². The van der Waals surface area contributed by atoms with Crippen molar-refractivity contribution in [2.45, 2.75) is 4.90 Å². The van der Waals surface area contributed by atoms with Crippen LogP contribution in [0.3, 0.4) is 0 Å². The minimum Gasteiger partial charge on any atom is -0.345 e. The molecule has 1 aliphatic rings. The molecule has 0 spiro atoms. The molecule has 2 heterocycles. The van der Waals surface area contributed by atoms with Crippen molar-refractivity contribution in [3.05, 3.63) is 71.2 Å². The molecule has 11 heteroatoms. The summed E-state index contributed by atoms with van der Waals surface area (Å²) >= 11 is 1.56. The number of anilines is 2. The highest BCUT2D eigenvalue weighted by molar-refractivity contribution is 7.92. The summed E-state index contributed by atoms with van der Waals surface area (Å²) in [6.07, 6.45) is 1.75. The van der Waals surface area contributed by atoms with Crippen LogP contribution in [0.2, 0.25) is 0 Å². The molecule has 1 amide bonds. The molecular formula is C20H18F2N4O3S2. The van der Waals surface area contributed by atoms with Crippen LogP contribution in [0.4, 0.5) is 19.6 Å². The number of benzene rings is 2. The number of halogens is 2. The number of aromatic nitrogens is 1. The van der Waals surface area contributed by atoms with Crippen molar-refractivity contribution in [2.75, 3.05) is 35.8 Å². The Kier molecular flexibility index (Phi) is 5.88. The van der Waals surface area contributed by atoms with Crippen LogP contribution in [-0.4, -0.2) is 50.4 Å². The third kappa shape index (κ3) is 4.67. The van der Waals surface area contributed by atoms with Gasteiger partial charge in [0.25, 0.3) is 15.9 Å². The molecule has 4 rings (SSSR count). The Morgan fingerprint density at radius 1 is 1.00 bits per heavy atom. The Labute approximate surface area is 182 Å². The number of sulfonamides is 1. The van der Waals surface area contributed by atoms with Gasteiger partial charge in [-0.1, -0.05) is 0 Å². The fourth-order valence-electron chi connectivity index (χ4n) is 3.19. The second-order valence-electron chi connectivity index (χ2n) is 6.85. The van der Waals surface area contributed by atoms with E-state index in [4.69, 9.17) is 0 Å². The van der Waals surface area contributed by atoms with E-state index < -0.39 is 26.6 Å². The maximum atomic E-state index is 13.4. The standard InChI is InChI=1S/C20H18F2N4O3S2/c21-17-6-5-16(13-18(17)22)31(28,29)24-15-3-1-14(2-4-15)19(27)25-8-10-26(11-9-25)20-23-7-12-30-20/h1-7,12-13,24H,8-11H2. The molecule has 0 aliphatic carbocycles. The Hall–Kier alpha value is -3.05.